The summed E-state index contributed by atoms with van der Waals surface area (Å²) >= 11 is 0. The van der Waals surface area contributed by atoms with E-state index in [0.717, 1.165) is 28.8 Å². The molecule has 0 saturated carbocycles. The first-order valence-corrected chi connectivity index (χ1v) is 9.31. The molecule has 1 unspecified atom stereocenters. The van der Waals surface area contributed by atoms with Gasteiger partial charge < -0.3 is 15.4 Å². The van der Waals surface area contributed by atoms with Gasteiger partial charge in [-0.2, -0.15) is 0 Å². The number of carbonyl (C=O) groups is 1. The minimum absolute atomic E-state index is 0.0855. The fourth-order valence-electron chi connectivity index (χ4n) is 2.78. The van der Waals surface area contributed by atoms with Crippen molar-refractivity contribution in [2.24, 2.45) is 0 Å². The third-order valence-electron chi connectivity index (χ3n) is 4.39. The van der Waals surface area contributed by atoms with Crippen molar-refractivity contribution in [3.8, 4) is 5.75 Å². The van der Waals surface area contributed by atoms with E-state index in [1.807, 2.05) is 62.4 Å². The number of anilines is 2. The topological polar surface area (TPSA) is 63.2 Å². The second-order valence-corrected chi connectivity index (χ2v) is 6.44. The van der Waals surface area contributed by atoms with Crippen molar-refractivity contribution in [3.63, 3.8) is 0 Å². The zero-order valence-electron chi connectivity index (χ0n) is 16.0. The Hall–Kier alpha value is -3.08. The van der Waals surface area contributed by atoms with Crippen molar-refractivity contribution >= 4 is 28.3 Å². The van der Waals surface area contributed by atoms with Crippen molar-refractivity contribution < 1.29 is 9.53 Å². The maximum Gasteiger partial charge on any atom is 0.252 e. The molecule has 3 aromatic rings. The number of aromatic nitrogens is 1. The standard InChI is InChI=1S/C22H25N3O2/c1-4-15(3)23-22(26)19-14-21(25-20-9-7-6-8-18(19)20)24-16-10-12-17(13-11-16)27-5-2/h6-15H,4-5H2,1-3H3,(H,23,26)(H,24,25). The van der Waals surface area contributed by atoms with Gasteiger partial charge in [0, 0.05) is 17.1 Å². The van der Waals surface area contributed by atoms with Gasteiger partial charge in [-0.3, -0.25) is 4.79 Å². The molecule has 1 aromatic heterocycles. The number of hydrogen-bond donors (Lipinski definition) is 2. The number of amides is 1. The Morgan fingerprint density at radius 3 is 2.56 bits per heavy atom. The summed E-state index contributed by atoms with van der Waals surface area (Å²) in [7, 11) is 0. The molecule has 0 fully saturated rings. The number of fused-ring (bicyclic) bond motifs is 1. The summed E-state index contributed by atoms with van der Waals surface area (Å²) in [5.41, 5.74) is 2.28. The first-order chi connectivity index (χ1) is 13.1. The summed E-state index contributed by atoms with van der Waals surface area (Å²) in [6.45, 7) is 6.64. The predicted octanol–water partition coefficient (Wildman–Crippen LogP) is 4.91. The van der Waals surface area contributed by atoms with Gasteiger partial charge >= 0.3 is 0 Å². The fraction of sp³-hybridized carbons (Fsp3) is 0.273. The average molecular weight is 363 g/mol. The Morgan fingerprint density at radius 1 is 1.11 bits per heavy atom. The predicted molar refractivity (Wildman–Crippen MR) is 110 cm³/mol. The number of benzene rings is 2. The molecule has 0 aliphatic heterocycles. The van der Waals surface area contributed by atoms with E-state index in [1.54, 1.807) is 6.07 Å². The van der Waals surface area contributed by atoms with Crippen molar-refractivity contribution in [2.45, 2.75) is 33.2 Å². The summed E-state index contributed by atoms with van der Waals surface area (Å²) < 4.78 is 5.47. The summed E-state index contributed by atoms with van der Waals surface area (Å²) in [4.78, 5) is 17.4. The molecule has 0 bridgehead atoms. The minimum atomic E-state index is -0.0855. The highest BCUT2D eigenvalue weighted by molar-refractivity contribution is 6.07. The lowest BCUT2D eigenvalue weighted by Crippen LogP contribution is -2.32. The SMILES string of the molecule is CCOc1ccc(Nc2cc(C(=O)NC(C)CC)c3ccccc3n2)cc1. The van der Waals surface area contributed by atoms with E-state index in [4.69, 9.17) is 4.74 Å². The van der Waals surface area contributed by atoms with E-state index in [2.05, 4.69) is 22.5 Å². The van der Waals surface area contributed by atoms with Crippen LogP contribution < -0.4 is 15.4 Å². The molecule has 0 radical (unpaired) electrons. The van der Waals surface area contributed by atoms with Crippen LogP contribution in [0.1, 0.15) is 37.6 Å². The molecule has 2 N–H and O–H groups in total. The maximum atomic E-state index is 12.8. The molecule has 27 heavy (non-hydrogen) atoms. The van der Waals surface area contributed by atoms with Crippen LogP contribution in [0.2, 0.25) is 0 Å². The number of hydrogen-bond acceptors (Lipinski definition) is 4. The molecule has 1 amide bonds. The first-order valence-electron chi connectivity index (χ1n) is 9.31. The molecule has 3 rings (SSSR count). The molecule has 0 aliphatic carbocycles. The zero-order chi connectivity index (χ0) is 19.2. The zero-order valence-corrected chi connectivity index (χ0v) is 16.0. The van der Waals surface area contributed by atoms with E-state index in [1.165, 1.54) is 0 Å². The lowest BCUT2D eigenvalue weighted by molar-refractivity contribution is 0.0941. The highest BCUT2D eigenvalue weighted by Gasteiger charge is 2.14. The number of nitrogens with zero attached hydrogens (tertiary/aromatic N) is 1. The third-order valence-corrected chi connectivity index (χ3v) is 4.39. The molecule has 0 spiro atoms. The second kappa shape index (κ2) is 8.54. The summed E-state index contributed by atoms with van der Waals surface area (Å²) in [6.07, 6.45) is 0.881. The van der Waals surface area contributed by atoms with E-state index in [0.29, 0.717) is 18.0 Å². The highest BCUT2D eigenvalue weighted by atomic mass is 16.5. The van der Waals surface area contributed by atoms with Gasteiger partial charge in [0.25, 0.3) is 5.91 Å². The van der Waals surface area contributed by atoms with Crippen molar-refractivity contribution in [2.75, 3.05) is 11.9 Å². The number of pyridine rings is 1. The fourth-order valence-corrected chi connectivity index (χ4v) is 2.78. The van der Waals surface area contributed by atoms with Gasteiger partial charge in [0.05, 0.1) is 17.7 Å². The average Bonchev–Trinajstić information content (AvgIpc) is 2.69. The van der Waals surface area contributed by atoms with Crippen LogP contribution in [-0.2, 0) is 0 Å². The van der Waals surface area contributed by atoms with Crippen molar-refractivity contribution in [1.82, 2.24) is 10.3 Å². The van der Waals surface area contributed by atoms with Crippen molar-refractivity contribution in [3.05, 3.63) is 60.2 Å². The number of nitrogens with one attached hydrogen (secondary N) is 2. The van der Waals surface area contributed by atoms with E-state index in [9.17, 15) is 4.79 Å². The molecular weight excluding hydrogens is 338 g/mol. The van der Waals surface area contributed by atoms with Crippen LogP contribution in [0, 0.1) is 0 Å². The van der Waals surface area contributed by atoms with Crippen LogP contribution in [0.3, 0.4) is 0 Å². The second-order valence-electron chi connectivity index (χ2n) is 6.44. The quantitative estimate of drug-likeness (QED) is 0.626. The Balaban J connectivity index is 1.92. The van der Waals surface area contributed by atoms with Crippen LogP contribution in [0.5, 0.6) is 5.75 Å². The maximum absolute atomic E-state index is 12.8. The minimum Gasteiger partial charge on any atom is -0.494 e. The lowest BCUT2D eigenvalue weighted by Gasteiger charge is -2.14. The smallest absolute Gasteiger partial charge is 0.252 e. The van der Waals surface area contributed by atoms with Crippen LogP contribution in [0.4, 0.5) is 11.5 Å². The van der Waals surface area contributed by atoms with Gasteiger partial charge in [-0.15, -0.1) is 0 Å². The van der Waals surface area contributed by atoms with Crippen LogP contribution >= 0.6 is 0 Å². The van der Waals surface area contributed by atoms with Gasteiger partial charge in [-0.25, -0.2) is 4.98 Å². The van der Waals surface area contributed by atoms with E-state index in [-0.39, 0.29) is 11.9 Å². The lowest BCUT2D eigenvalue weighted by atomic mass is 10.1. The molecule has 2 aromatic carbocycles. The van der Waals surface area contributed by atoms with Gasteiger partial charge in [0.2, 0.25) is 0 Å². The van der Waals surface area contributed by atoms with E-state index >= 15 is 0 Å². The van der Waals surface area contributed by atoms with Crippen molar-refractivity contribution in [1.29, 1.82) is 0 Å². The Labute approximate surface area is 159 Å². The van der Waals surface area contributed by atoms with Crippen LogP contribution in [-0.4, -0.2) is 23.5 Å². The molecule has 0 saturated heterocycles. The van der Waals surface area contributed by atoms with Crippen LogP contribution in [0.15, 0.2) is 54.6 Å². The van der Waals surface area contributed by atoms with Gasteiger partial charge in [-0.05, 0) is 56.7 Å². The molecule has 5 nitrogen and oxygen atoms in total. The number of ether oxygens (including phenoxy) is 1. The first kappa shape index (κ1) is 18.7. The number of para-hydroxylation sites is 1. The Kier molecular flexibility index (Phi) is 5.91. The molecule has 5 heteroatoms. The summed E-state index contributed by atoms with van der Waals surface area (Å²) in [5, 5.41) is 7.16. The molecule has 1 atom stereocenters. The largest absolute Gasteiger partial charge is 0.494 e. The normalized spacial score (nSPS) is 11.8. The van der Waals surface area contributed by atoms with Crippen LogP contribution in [0.25, 0.3) is 10.9 Å². The van der Waals surface area contributed by atoms with Gasteiger partial charge in [-0.1, -0.05) is 25.1 Å². The Bertz CT molecular complexity index is 922. The highest BCUT2D eigenvalue weighted by Crippen LogP contribution is 2.24. The molecule has 140 valence electrons. The molecule has 1 heterocycles. The van der Waals surface area contributed by atoms with Gasteiger partial charge in [0.1, 0.15) is 11.6 Å². The Morgan fingerprint density at radius 2 is 1.85 bits per heavy atom. The number of carbonyl (C=O) groups excluding carboxylic acids is 1. The summed E-state index contributed by atoms with van der Waals surface area (Å²) in [5.74, 6) is 1.37. The monoisotopic (exact) mass is 363 g/mol. The summed E-state index contributed by atoms with van der Waals surface area (Å²) in [6, 6.07) is 17.3. The molecule has 0 aliphatic rings. The van der Waals surface area contributed by atoms with E-state index < -0.39 is 0 Å². The number of rotatable bonds is 7. The van der Waals surface area contributed by atoms with Gasteiger partial charge in [0.15, 0.2) is 0 Å². The third kappa shape index (κ3) is 4.56. The molecular formula is C22H25N3O2.